The highest BCUT2D eigenvalue weighted by Gasteiger charge is 2.07. The molecule has 0 atom stereocenters. The lowest BCUT2D eigenvalue weighted by Gasteiger charge is -2.14. The summed E-state index contributed by atoms with van der Waals surface area (Å²) in [4.78, 5) is 6.18. The van der Waals surface area contributed by atoms with E-state index in [1.165, 1.54) is 6.07 Å². The van der Waals surface area contributed by atoms with Crippen LogP contribution in [0.25, 0.3) is 0 Å². The zero-order valence-corrected chi connectivity index (χ0v) is 17.6. The molecule has 152 valence electrons. The first kappa shape index (κ1) is 22.0. The van der Waals surface area contributed by atoms with Crippen LogP contribution < -0.4 is 15.4 Å². The van der Waals surface area contributed by atoms with E-state index < -0.39 is 0 Å². The van der Waals surface area contributed by atoms with Crippen LogP contribution in [-0.2, 0) is 19.5 Å². The van der Waals surface area contributed by atoms with Crippen molar-refractivity contribution in [2.75, 3.05) is 34.8 Å². The summed E-state index contributed by atoms with van der Waals surface area (Å²) in [6.07, 6.45) is 0.757. The van der Waals surface area contributed by atoms with E-state index in [2.05, 4.69) is 15.6 Å². The lowest BCUT2D eigenvalue weighted by molar-refractivity contribution is 0.392. The summed E-state index contributed by atoms with van der Waals surface area (Å²) in [6.45, 7) is 1.81. The van der Waals surface area contributed by atoms with Gasteiger partial charge in [0.25, 0.3) is 0 Å². The number of ether oxygens (including phenoxy) is 1. The van der Waals surface area contributed by atoms with Crippen molar-refractivity contribution in [1.82, 2.24) is 15.5 Å². The molecule has 0 radical (unpaired) electrons. The Morgan fingerprint density at radius 3 is 2.57 bits per heavy atom. The number of benzene rings is 2. The smallest absolute Gasteiger partial charge is 0.191 e. The summed E-state index contributed by atoms with van der Waals surface area (Å²) >= 11 is 6.27. The van der Waals surface area contributed by atoms with Gasteiger partial charge in [0.1, 0.15) is 11.6 Å². The zero-order valence-electron chi connectivity index (χ0n) is 16.9. The van der Waals surface area contributed by atoms with Crippen molar-refractivity contribution < 1.29 is 9.13 Å². The number of nitrogens with zero attached hydrogens (tertiary/aromatic N) is 2. The molecule has 0 aliphatic rings. The van der Waals surface area contributed by atoms with E-state index in [0.717, 1.165) is 23.3 Å². The van der Waals surface area contributed by atoms with Gasteiger partial charge in [0, 0.05) is 37.3 Å². The first-order valence-electron chi connectivity index (χ1n) is 9.12. The average molecular weight is 407 g/mol. The van der Waals surface area contributed by atoms with Crippen molar-refractivity contribution in [3.8, 4) is 5.75 Å². The van der Waals surface area contributed by atoms with Crippen molar-refractivity contribution in [1.29, 1.82) is 0 Å². The summed E-state index contributed by atoms with van der Waals surface area (Å²) < 4.78 is 19.1. The second-order valence-corrected chi connectivity index (χ2v) is 7.13. The first-order chi connectivity index (χ1) is 13.4. The molecule has 0 aliphatic carbocycles. The quantitative estimate of drug-likeness (QED) is 0.520. The van der Waals surface area contributed by atoms with E-state index >= 15 is 0 Å². The van der Waals surface area contributed by atoms with Crippen LogP contribution >= 0.6 is 11.6 Å². The molecule has 0 aliphatic heterocycles. The van der Waals surface area contributed by atoms with Gasteiger partial charge in [-0.1, -0.05) is 23.7 Å². The van der Waals surface area contributed by atoms with Crippen LogP contribution in [0.5, 0.6) is 5.75 Å². The van der Waals surface area contributed by atoms with Crippen LogP contribution in [0.4, 0.5) is 4.39 Å². The van der Waals surface area contributed by atoms with E-state index in [0.29, 0.717) is 36.2 Å². The fraction of sp³-hybridized carbons (Fsp3) is 0.381. The minimum atomic E-state index is -0.184. The minimum absolute atomic E-state index is 0.184. The average Bonchev–Trinajstić information content (AvgIpc) is 2.67. The fourth-order valence-electron chi connectivity index (χ4n) is 2.78. The molecule has 0 amide bonds. The van der Waals surface area contributed by atoms with Crippen LogP contribution in [0, 0.1) is 5.82 Å². The molecule has 2 aromatic rings. The molecule has 0 heterocycles. The third-order valence-corrected chi connectivity index (χ3v) is 4.58. The molecule has 0 aromatic heterocycles. The minimum Gasteiger partial charge on any atom is -0.497 e. The number of aliphatic imine (C=N–C) groups is 1. The Balaban J connectivity index is 1.86. The summed E-state index contributed by atoms with van der Waals surface area (Å²) in [6, 6.07) is 10.8. The summed E-state index contributed by atoms with van der Waals surface area (Å²) in [5.74, 6) is 1.24. The zero-order chi connectivity index (χ0) is 20.5. The van der Waals surface area contributed by atoms with Crippen molar-refractivity contribution in [3.63, 3.8) is 0 Å². The monoisotopic (exact) mass is 406 g/mol. The third kappa shape index (κ3) is 6.69. The van der Waals surface area contributed by atoms with Gasteiger partial charge in [-0.05, 0) is 55.9 Å². The highest BCUT2D eigenvalue weighted by molar-refractivity contribution is 6.31. The van der Waals surface area contributed by atoms with Gasteiger partial charge in [0.05, 0.1) is 7.11 Å². The van der Waals surface area contributed by atoms with Crippen LogP contribution in [0.1, 0.15) is 16.7 Å². The number of guanidine groups is 1. The van der Waals surface area contributed by atoms with E-state index in [1.54, 1.807) is 20.2 Å². The third-order valence-electron chi connectivity index (χ3n) is 4.23. The largest absolute Gasteiger partial charge is 0.497 e. The van der Waals surface area contributed by atoms with Crippen molar-refractivity contribution in [2.24, 2.45) is 4.99 Å². The van der Waals surface area contributed by atoms with Gasteiger partial charge in [-0.25, -0.2) is 4.39 Å². The second-order valence-electron chi connectivity index (χ2n) is 6.72. The Kier molecular flexibility index (Phi) is 8.54. The molecule has 0 spiro atoms. The van der Waals surface area contributed by atoms with Crippen molar-refractivity contribution in [3.05, 3.63) is 63.9 Å². The maximum absolute atomic E-state index is 13.9. The van der Waals surface area contributed by atoms with E-state index in [-0.39, 0.29) is 5.82 Å². The van der Waals surface area contributed by atoms with Gasteiger partial charge in [0.15, 0.2) is 5.96 Å². The van der Waals surface area contributed by atoms with Gasteiger partial charge in [-0.3, -0.25) is 4.99 Å². The van der Waals surface area contributed by atoms with Gasteiger partial charge in [-0.2, -0.15) is 0 Å². The predicted molar refractivity (Wildman–Crippen MR) is 114 cm³/mol. The normalized spacial score (nSPS) is 11.6. The Morgan fingerprint density at radius 1 is 1.14 bits per heavy atom. The maximum Gasteiger partial charge on any atom is 0.191 e. The molecule has 0 saturated carbocycles. The Bertz CT molecular complexity index is 811. The highest BCUT2D eigenvalue weighted by atomic mass is 35.5. The SMILES string of the molecule is CN=C(NCCc1ccc(OC)cc1Cl)NCc1ccc(F)c(CN(C)C)c1. The molecular formula is C21H28ClFN4O. The topological polar surface area (TPSA) is 48.9 Å². The van der Waals surface area contributed by atoms with Crippen molar-refractivity contribution >= 4 is 17.6 Å². The van der Waals surface area contributed by atoms with Crippen LogP contribution in [0.3, 0.4) is 0 Å². The molecule has 28 heavy (non-hydrogen) atoms. The summed E-state index contributed by atoms with van der Waals surface area (Å²) in [5, 5.41) is 7.21. The van der Waals surface area contributed by atoms with E-state index in [9.17, 15) is 4.39 Å². The molecule has 0 saturated heterocycles. The number of halogens is 2. The molecule has 2 rings (SSSR count). The van der Waals surface area contributed by atoms with Crippen LogP contribution in [0.2, 0.25) is 5.02 Å². The lowest BCUT2D eigenvalue weighted by atomic mass is 10.1. The molecule has 7 heteroatoms. The van der Waals surface area contributed by atoms with Crippen LogP contribution in [-0.4, -0.2) is 45.7 Å². The highest BCUT2D eigenvalue weighted by Crippen LogP contribution is 2.22. The van der Waals surface area contributed by atoms with Gasteiger partial charge < -0.3 is 20.3 Å². The molecule has 0 bridgehead atoms. The molecule has 2 aromatic carbocycles. The fourth-order valence-corrected chi connectivity index (χ4v) is 3.04. The Morgan fingerprint density at radius 2 is 1.93 bits per heavy atom. The standard InChI is InChI=1S/C21H28ClFN4O/c1-24-21(25-10-9-16-6-7-18(28-4)12-19(16)22)26-13-15-5-8-20(23)17(11-15)14-27(2)3/h5-8,11-12H,9-10,13-14H2,1-4H3,(H2,24,25,26). The van der Waals surface area contributed by atoms with Crippen molar-refractivity contribution in [2.45, 2.75) is 19.5 Å². The van der Waals surface area contributed by atoms with Gasteiger partial charge in [-0.15, -0.1) is 0 Å². The van der Waals surface area contributed by atoms with Gasteiger partial charge in [0.2, 0.25) is 0 Å². The van der Waals surface area contributed by atoms with E-state index in [1.807, 2.05) is 43.3 Å². The number of nitrogens with one attached hydrogen (secondary N) is 2. The van der Waals surface area contributed by atoms with E-state index in [4.69, 9.17) is 16.3 Å². The van der Waals surface area contributed by atoms with Crippen LogP contribution in [0.15, 0.2) is 41.4 Å². The Labute approximate surface area is 171 Å². The number of hydrogen-bond donors (Lipinski definition) is 2. The number of rotatable bonds is 8. The molecule has 0 fully saturated rings. The summed E-state index contributed by atoms with van der Waals surface area (Å²) in [7, 11) is 7.18. The first-order valence-corrected chi connectivity index (χ1v) is 9.49. The summed E-state index contributed by atoms with van der Waals surface area (Å²) in [5.41, 5.74) is 2.72. The van der Waals surface area contributed by atoms with Gasteiger partial charge >= 0.3 is 0 Å². The molecule has 0 unspecified atom stereocenters. The lowest BCUT2D eigenvalue weighted by Crippen LogP contribution is -2.37. The molecule has 5 nitrogen and oxygen atoms in total. The predicted octanol–water partition coefficient (Wildman–Crippen LogP) is 3.46. The number of hydrogen-bond acceptors (Lipinski definition) is 3. The second kappa shape index (κ2) is 10.9. The molecule has 2 N–H and O–H groups in total. The maximum atomic E-state index is 13.9. The Hall–Kier alpha value is -2.31. The number of methoxy groups -OCH3 is 1. The molecular weight excluding hydrogens is 379 g/mol.